The molecule has 11 heteroatoms. The molecule has 8 nitrogen and oxygen atoms in total. The average molecular weight is 753 g/mol. The number of benzene rings is 2. The smallest absolute Gasteiger partial charge is 0.306 e. The van der Waals surface area contributed by atoms with Gasteiger partial charge in [-0.1, -0.05) is 40.9 Å². The van der Waals surface area contributed by atoms with Crippen LogP contribution in [0, 0.1) is 0 Å². The molecule has 0 amide bonds. The first-order valence-corrected chi connectivity index (χ1v) is 18.4. The summed E-state index contributed by atoms with van der Waals surface area (Å²) < 4.78 is 46.2. The van der Waals surface area contributed by atoms with Crippen molar-refractivity contribution in [2.24, 2.45) is 0 Å². The molecule has 0 unspecified atom stereocenters. The topological polar surface area (TPSA) is 105 Å². The molecule has 0 saturated carbocycles. The van der Waals surface area contributed by atoms with Crippen molar-refractivity contribution in [3.63, 3.8) is 0 Å². The molecule has 0 atom stereocenters. The van der Waals surface area contributed by atoms with E-state index in [-0.39, 0.29) is 23.3 Å². The molecule has 0 aliphatic heterocycles. The molecule has 0 N–H and O–H groups in total. The van der Waals surface area contributed by atoms with Crippen molar-refractivity contribution >= 4 is 56.1 Å². The minimum Gasteiger partial charge on any atom is -0.494 e. The number of carbonyl (C=O) groups excluding carboxylic acids is 2. The van der Waals surface area contributed by atoms with E-state index in [0.717, 1.165) is 49.0 Å². The van der Waals surface area contributed by atoms with Crippen LogP contribution in [0.3, 0.4) is 0 Å². The number of halogens is 2. The number of aryl methyl sites for hydroxylation is 1. The highest BCUT2D eigenvalue weighted by atomic mass is 127. The number of ether oxygens (including phenoxy) is 4. The number of hydrogen-bond donors (Lipinski definition) is 0. The van der Waals surface area contributed by atoms with Crippen molar-refractivity contribution in [1.82, 2.24) is 0 Å². The number of carbonyl (C=O) groups is 2. The highest BCUT2D eigenvalue weighted by Crippen LogP contribution is 2.28. The van der Waals surface area contributed by atoms with Gasteiger partial charge in [-0.15, -0.1) is 0 Å². The summed E-state index contributed by atoms with van der Waals surface area (Å²) in [5.41, 5.74) is 2.15. The fraction of sp³-hybridized carbons (Fsp3) is 0.517. The van der Waals surface area contributed by atoms with E-state index in [1.165, 1.54) is 27.3 Å². The number of hydrogen-bond acceptors (Lipinski definition) is 8. The van der Waals surface area contributed by atoms with Crippen LogP contribution in [0.5, 0.6) is 11.5 Å². The third-order valence-electron chi connectivity index (χ3n) is 5.94. The van der Waals surface area contributed by atoms with Crippen LogP contribution in [0.2, 0.25) is 0 Å². The Kier molecular flexibility index (Phi) is 15.9. The molecule has 0 radical (unpaired) electrons. The van der Waals surface area contributed by atoms with Crippen molar-refractivity contribution in [2.75, 3.05) is 26.4 Å². The summed E-state index contributed by atoms with van der Waals surface area (Å²) in [6.45, 7) is 5.17. The lowest BCUT2D eigenvalue weighted by Gasteiger charge is -2.16. The molecule has 0 aliphatic carbocycles. The highest BCUT2D eigenvalue weighted by molar-refractivity contribution is 14.2. The van der Waals surface area contributed by atoms with E-state index in [0.29, 0.717) is 55.9 Å². The average Bonchev–Trinajstić information content (AvgIpc) is 2.89. The summed E-state index contributed by atoms with van der Waals surface area (Å²) in [5, 5.41) is 0. The molecule has 0 heterocycles. The Bertz CT molecular complexity index is 1200. The molecular formula is C29H38BrIO8S. The standard InChI is InChI=1S/C29H38BrIO8S/c1-3-36-28(32)14-10-18-39-27-13-9-12-22(26(27)15-16-29(33)37-4-2)11-7-5-6-8-17-38-24-19-23(30)20-25(21-24)40(31,34)35/h9,12-13,19-21H,3-8,10-11,14-18H2,1-2H3. The fourth-order valence-electron chi connectivity index (χ4n) is 4.08. The van der Waals surface area contributed by atoms with Gasteiger partial charge in [0.1, 0.15) is 11.5 Å². The second kappa shape index (κ2) is 18.5. The molecule has 0 fully saturated rings. The molecule has 40 heavy (non-hydrogen) atoms. The summed E-state index contributed by atoms with van der Waals surface area (Å²) in [5.74, 6) is 0.790. The van der Waals surface area contributed by atoms with E-state index >= 15 is 0 Å². The van der Waals surface area contributed by atoms with Gasteiger partial charge in [-0.05, 0) is 81.3 Å². The predicted molar refractivity (Wildman–Crippen MR) is 166 cm³/mol. The van der Waals surface area contributed by atoms with Crippen LogP contribution >= 0.6 is 37.1 Å². The van der Waals surface area contributed by atoms with Crippen LogP contribution in [0.4, 0.5) is 0 Å². The van der Waals surface area contributed by atoms with E-state index < -0.39 is 7.01 Å². The molecule has 0 aromatic heterocycles. The lowest BCUT2D eigenvalue weighted by molar-refractivity contribution is -0.144. The third-order valence-corrected chi connectivity index (χ3v) is 8.72. The van der Waals surface area contributed by atoms with E-state index in [2.05, 4.69) is 22.0 Å². The molecule has 0 saturated heterocycles. The minimum atomic E-state index is -3.34. The Labute approximate surface area is 258 Å². The Hall–Kier alpha value is -1.86. The van der Waals surface area contributed by atoms with Gasteiger partial charge in [0, 0.05) is 17.3 Å². The maximum atomic E-state index is 12.0. The number of esters is 2. The first-order chi connectivity index (χ1) is 19.1. The predicted octanol–water partition coefficient (Wildman–Crippen LogP) is 6.97. The summed E-state index contributed by atoms with van der Waals surface area (Å²) in [4.78, 5) is 23.8. The molecular weight excluding hydrogens is 715 g/mol. The Morgan fingerprint density at radius 3 is 2.20 bits per heavy atom. The summed E-state index contributed by atoms with van der Waals surface area (Å²) in [6, 6.07) is 10.8. The summed E-state index contributed by atoms with van der Waals surface area (Å²) in [7, 11) is -3.34. The maximum absolute atomic E-state index is 12.0. The highest BCUT2D eigenvalue weighted by Gasteiger charge is 2.14. The van der Waals surface area contributed by atoms with E-state index in [1.807, 2.05) is 12.1 Å². The van der Waals surface area contributed by atoms with Gasteiger partial charge < -0.3 is 18.9 Å². The van der Waals surface area contributed by atoms with Crippen molar-refractivity contribution in [3.8, 4) is 11.5 Å². The molecule has 0 bridgehead atoms. The molecule has 2 aromatic carbocycles. The van der Waals surface area contributed by atoms with Gasteiger partial charge in [-0.25, -0.2) is 8.42 Å². The number of rotatable bonds is 19. The fourth-order valence-corrected chi connectivity index (χ4v) is 5.99. The first-order valence-electron chi connectivity index (χ1n) is 13.6. The van der Waals surface area contributed by atoms with Gasteiger partial charge >= 0.3 is 11.9 Å². The van der Waals surface area contributed by atoms with Crippen molar-refractivity contribution in [2.45, 2.75) is 76.5 Å². The van der Waals surface area contributed by atoms with Gasteiger partial charge in [0.25, 0.3) is 0 Å². The van der Waals surface area contributed by atoms with Crippen molar-refractivity contribution < 1.29 is 37.0 Å². The van der Waals surface area contributed by atoms with Crippen LogP contribution in [0.1, 0.15) is 69.9 Å². The van der Waals surface area contributed by atoms with Gasteiger partial charge in [0.2, 0.25) is 7.01 Å². The van der Waals surface area contributed by atoms with E-state index in [1.54, 1.807) is 26.0 Å². The maximum Gasteiger partial charge on any atom is 0.306 e. The molecule has 222 valence electrons. The third kappa shape index (κ3) is 13.2. The Morgan fingerprint density at radius 2 is 1.50 bits per heavy atom. The summed E-state index contributed by atoms with van der Waals surface area (Å²) in [6.07, 6.45) is 6.28. The van der Waals surface area contributed by atoms with Crippen LogP contribution < -0.4 is 9.47 Å². The Balaban J connectivity index is 1.87. The normalized spacial score (nSPS) is 11.2. The van der Waals surface area contributed by atoms with Crippen molar-refractivity contribution in [3.05, 3.63) is 52.0 Å². The zero-order valence-electron chi connectivity index (χ0n) is 23.1. The van der Waals surface area contributed by atoms with Crippen LogP contribution in [0.15, 0.2) is 45.8 Å². The van der Waals surface area contributed by atoms with Gasteiger partial charge in [0.05, 0.1) is 52.5 Å². The molecule has 2 rings (SSSR count). The molecule has 0 spiro atoms. The minimum absolute atomic E-state index is 0.210. The Morgan fingerprint density at radius 1 is 0.825 bits per heavy atom. The molecule has 0 aliphatic rings. The largest absolute Gasteiger partial charge is 0.494 e. The quantitative estimate of drug-likeness (QED) is 0.0656. The lowest BCUT2D eigenvalue weighted by atomic mass is 9.96. The second-order valence-electron chi connectivity index (χ2n) is 9.03. The lowest BCUT2D eigenvalue weighted by Crippen LogP contribution is -2.10. The van der Waals surface area contributed by atoms with Gasteiger partial charge in [0.15, 0.2) is 0 Å². The van der Waals surface area contributed by atoms with Crippen LogP contribution in [-0.4, -0.2) is 46.8 Å². The zero-order chi connectivity index (χ0) is 29.4. The summed E-state index contributed by atoms with van der Waals surface area (Å²) >= 11 is 4.75. The second-order valence-corrected chi connectivity index (χ2v) is 14.8. The van der Waals surface area contributed by atoms with Crippen LogP contribution in [0.25, 0.3) is 0 Å². The van der Waals surface area contributed by atoms with Crippen LogP contribution in [-0.2, 0) is 38.9 Å². The first kappa shape index (κ1) is 34.3. The zero-order valence-corrected chi connectivity index (χ0v) is 27.6. The van der Waals surface area contributed by atoms with E-state index in [4.69, 9.17) is 18.9 Å². The molecule has 2 aromatic rings. The van der Waals surface area contributed by atoms with Gasteiger partial charge in [-0.3, -0.25) is 9.59 Å². The SMILES string of the molecule is CCOC(=O)CCCOc1cccc(CCCCCCOc2cc(Br)cc(S(=O)(=O)I)c2)c1CCC(=O)OCC. The monoisotopic (exact) mass is 752 g/mol. The van der Waals surface area contributed by atoms with E-state index in [9.17, 15) is 18.0 Å². The number of unbranched alkanes of at least 4 members (excludes halogenated alkanes) is 3. The van der Waals surface area contributed by atoms with Gasteiger partial charge in [-0.2, -0.15) is 0 Å². The van der Waals surface area contributed by atoms with Crippen molar-refractivity contribution in [1.29, 1.82) is 0 Å².